The number of hydrogen-bond acceptors (Lipinski definition) is 4. The van der Waals surface area contributed by atoms with Crippen LogP contribution in [0.4, 0.5) is 4.39 Å². The van der Waals surface area contributed by atoms with Crippen molar-refractivity contribution in [2.45, 2.75) is 6.10 Å². The maximum atomic E-state index is 12.6. The average Bonchev–Trinajstić information content (AvgIpc) is 2.71. The van der Waals surface area contributed by atoms with Gasteiger partial charge in [-0.3, -0.25) is 0 Å². The largest absolute Gasteiger partial charge is 0.382 e. The van der Waals surface area contributed by atoms with Crippen molar-refractivity contribution in [3.8, 4) is 0 Å². The molecule has 0 radical (unpaired) electrons. The molecule has 1 N–H and O–H groups in total. The van der Waals surface area contributed by atoms with E-state index >= 15 is 0 Å². The molecule has 3 nitrogen and oxygen atoms in total. The minimum absolute atomic E-state index is 0.322. The second-order valence-electron chi connectivity index (χ2n) is 2.79. The number of benzene rings is 1. The normalized spacial score (nSPS) is 12.7. The molecule has 0 aliphatic heterocycles. The number of aromatic nitrogens is 2. The lowest BCUT2D eigenvalue weighted by Gasteiger charge is -2.06. The van der Waals surface area contributed by atoms with Crippen molar-refractivity contribution in [3.05, 3.63) is 47.5 Å². The predicted octanol–water partition coefficient (Wildman–Crippen LogP) is 1.76. The van der Waals surface area contributed by atoms with Crippen molar-refractivity contribution in [1.82, 2.24) is 8.75 Å². The molecule has 0 saturated carbocycles. The Bertz CT molecular complexity index is 401. The fourth-order valence-electron chi connectivity index (χ4n) is 1.11. The van der Waals surface area contributed by atoms with E-state index in [2.05, 4.69) is 8.75 Å². The molecule has 1 unspecified atom stereocenters. The summed E-state index contributed by atoms with van der Waals surface area (Å²) in [4.78, 5) is 0. The van der Waals surface area contributed by atoms with Crippen LogP contribution in [0.2, 0.25) is 0 Å². The van der Waals surface area contributed by atoms with Gasteiger partial charge >= 0.3 is 0 Å². The van der Waals surface area contributed by atoms with Crippen LogP contribution in [0.5, 0.6) is 0 Å². The molecule has 0 spiro atoms. The monoisotopic (exact) mass is 210 g/mol. The minimum Gasteiger partial charge on any atom is -0.382 e. The van der Waals surface area contributed by atoms with Gasteiger partial charge in [0.25, 0.3) is 0 Å². The Balaban J connectivity index is 2.28. The van der Waals surface area contributed by atoms with Gasteiger partial charge in [0.1, 0.15) is 17.6 Å². The van der Waals surface area contributed by atoms with Crippen molar-refractivity contribution in [2.24, 2.45) is 0 Å². The van der Waals surface area contributed by atoms with E-state index in [0.29, 0.717) is 11.3 Å². The van der Waals surface area contributed by atoms with E-state index in [1.165, 1.54) is 30.5 Å². The fraction of sp³-hybridized carbons (Fsp3) is 0.111. The van der Waals surface area contributed by atoms with Gasteiger partial charge < -0.3 is 5.11 Å². The molecule has 5 heteroatoms. The topological polar surface area (TPSA) is 46.0 Å². The van der Waals surface area contributed by atoms with Crippen LogP contribution in [0, 0.1) is 5.82 Å². The first-order valence-electron chi connectivity index (χ1n) is 3.98. The van der Waals surface area contributed by atoms with Gasteiger partial charge in [-0.25, -0.2) is 4.39 Å². The summed E-state index contributed by atoms with van der Waals surface area (Å²) in [5, 5.41) is 9.75. The Morgan fingerprint density at radius 3 is 2.57 bits per heavy atom. The first-order valence-corrected chi connectivity index (χ1v) is 4.71. The Morgan fingerprint density at radius 1 is 1.29 bits per heavy atom. The summed E-state index contributed by atoms with van der Waals surface area (Å²) in [5.41, 5.74) is 1.10. The molecular weight excluding hydrogens is 203 g/mol. The van der Waals surface area contributed by atoms with Crippen LogP contribution < -0.4 is 0 Å². The van der Waals surface area contributed by atoms with E-state index in [0.717, 1.165) is 11.7 Å². The molecule has 0 aliphatic rings. The van der Waals surface area contributed by atoms with Crippen LogP contribution in [0.1, 0.15) is 17.4 Å². The van der Waals surface area contributed by atoms with Crippen molar-refractivity contribution in [1.29, 1.82) is 0 Å². The summed E-state index contributed by atoms with van der Waals surface area (Å²) in [7, 11) is 0. The zero-order valence-corrected chi connectivity index (χ0v) is 7.91. The third kappa shape index (κ3) is 1.78. The Kier molecular flexibility index (Phi) is 2.51. The lowest BCUT2D eigenvalue weighted by atomic mass is 10.1. The average molecular weight is 210 g/mol. The molecule has 1 heterocycles. The quantitative estimate of drug-likeness (QED) is 0.821. The van der Waals surface area contributed by atoms with Crippen LogP contribution in [-0.4, -0.2) is 13.9 Å². The van der Waals surface area contributed by atoms with Crippen LogP contribution in [0.25, 0.3) is 0 Å². The van der Waals surface area contributed by atoms with Gasteiger partial charge in [-0.15, -0.1) is 0 Å². The number of aliphatic hydroxyl groups excluding tert-OH is 1. The van der Waals surface area contributed by atoms with E-state index in [9.17, 15) is 9.50 Å². The highest BCUT2D eigenvalue weighted by atomic mass is 32.1. The molecule has 0 bridgehead atoms. The second kappa shape index (κ2) is 3.81. The zero-order valence-electron chi connectivity index (χ0n) is 7.09. The summed E-state index contributed by atoms with van der Waals surface area (Å²) in [6.07, 6.45) is 0.674. The highest BCUT2D eigenvalue weighted by Crippen LogP contribution is 2.20. The molecule has 0 fully saturated rings. The molecule has 2 rings (SSSR count). The maximum Gasteiger partial charge on any atom is 0.124 e. The molecule has 0 aliphatic carbocycles. The molecule has 0 amide bonds. The lowest BCUT2D eigenvalue weighted by molar-refractivity contribution is 0.216. The van der Waals surface area contributed by atoms with Gasteiger partial charge in [0.05, 0.1) is 17.9 Å². The predicted molar refractivity (Wildman–Crippen MR) is 50.4 cm³/mol. The Hall–Kier alpha value is -1.33. The smallest absolute Gasteiger partial charge is 0.124 e. The van der Waals surface area contributed by atoms with Crippen molar-refractivity contribution in [3.63, 3.8) is 0 Å². The fourth-order valence-corrected chi connectivity index (χ4v) is 1.55. The molecule has 2 aromatic rings. The van der Waals surface area contributed by atoms with Crippen molar-refractivity contribution >= 4 is 11.7 Å². The summed E-state index contributed by atoms with van der Waals surface area (Å²) in [5.74, 6) is -0.322. The number of nitrogens with zero attached hydrogens (tertiary/aromatic N) is 2. The maximum absolute atomic E-state index is 12.6. The third-order valence-electron chi connectivity index (χ3n) is 1.84. The summed E-state index contributed by atoms with van der Waals surface area (Å²) in [6.45, 7) is 0. The van der Waals surface area contributed by atoms with Crippen LogP contribution in [-0.2, 0) is 0 Å². The van der Waals surface area contributed by atoms with Crippen molar-refractivity contribution < 1.29 is 9.50 Å². The molecule has 1 aromatic heterocycles. The number of aliphatic hydroxyl groups is 1. The number of rotatable bonds is 2. The van der Waals surface area contributed by atoms with Gasteiger partial charge in [-0.2, -0.15) is 8.75 Å². The summed E-state index contributed by atoms with van der Waals surface area (Å²) in [6, 6.07) is 5.66. The minimum atomic E-state index is -0.825. The molecule has 14 heavy (non-hydrogen) atoms. The number of halogens is 1. The van der Waals surface area contributed by atoms with Gasteiger partial charge in [0, 0.05) is 0 Å². The van der Waals surface area contributed by atoms with Crippen LogP contribution in [0.15, 0.2) is 30.5 Å². The molecule has 1 atom stereocenters. The summed E-state index contributed by atoms with van der Waals surface area (Å²) >= 11 is 1.03. The van der Waals surface area contributed by atoms with E-state index in [1.54, 1.807) is 0 Å². The van der Waals surface area contributed by atoms with E-state index < -0.39 is 6.10 Å². The Labute approximate surface area is 84.2 Å². The van der Waals surface area contributed by atoms with Gasteiger partial charge in [-0.1, -0.05) is 12.1 Å². The summed E-state index contributed by atoms with van der Waals surface area (Å²) < 4.78 is 20.3. The molecular formula is C9H7FN2OS. The highest BCUT2D eigenvalue weighted by Gasteiger charge is 2.12. The standard InChI is InChI=1S/C9H7FN2OS/c10-7-3-1-6(2-4-7)9(13)8-5-11-14-12-8/h1-5,9,13H. The third-order valence-corrected chi connectivity index (χ3v) is 2.34. The number of hydrogen-bond donors (Lipinski definition) is 1. The van der Waals surface area contributed by atoms with Crippen LogP contribution in [0.3, 0.4) is 0 Å². The van der Waals surface area contributed by atoms with Crippen LogP contribution >= 0.6 is 11.7 Å². The molecule has 0 saturated heterocycles. The highest BCUT2D eigenvalue weighted by molar-refractivity contribution is 6.99. The molecule has 1 aromatic carbocycles. The van der Waals surface area contributed by atoms with E-state index in [-0.39, 0.29) is 5.82 Å². The first-order chi connectivity index (χ1) is 6.77. The lowest BCUT2D eigenvalue weighted by Crippen LogP contribution is -1.99. The zero-order chi connectivity index (χ0) is 9.97. The second-order valence-corrected chi connectivity index (χ2v) is 3.34. The Morgan fingerprint density at radius 2 is 2.00 bits per heavy atom. The van der Waals surface area contributed by atoms with Gasteiger partial charge in [0.15, 0.2) is 0 Å². The van der Waals surface area contributed by atoms with Crippen molar-refractivity contribution in [2.75, 3.05) is 0 Å². The van der Waals surface area contributed by atoms with E-state index in [1.807, 2.05) is 0 Å². The molecule has 72 valence electrons. The van der Waals surface area contributed by atoms with Gasteiger partial charge in [-0.05, 0) is 17.7 Å². The van der Waals surface area contributed by atoms with E-state index in [4.69, 9.17) is 0 Å². The first kappa shape index (κ1) is 9.23. The van der Waals surface area contributed by atoms with Gasteiger partial charge in [0.2, 0.25) is 0 Å². The SMILES string of the molecule is OC(c1ccc(F)cc1)c1cnsn1.